The van der Waals surface area contributed by atoms with E-state index in [0.29, 0.717) is 16.5 Å². The Labute approximate surface area is 157 Å². The summed E-state index contributed by atoms with van der Waals surface area (Å²) in [5, 5.41) is 8.72. The lowest BCUT2D eigenvalue weighted by Crippen LogP contribution is -2.23. The van der Waals surface area contributed by atoms with Crippen molar-refractivity contribution in [2.24, 2.45) is 0 Å². The fourth-order valence-electron chi connectivity index (χ4n) is 2.54. The summed E-state index contributed by atoms with van der Waals surface area (Å²) in [6, 6.07) is 6.15. The van der Waals surface area contributed by atoms with Gasteiger partial charge in [0.2, 0.25) is 0 Å². The van der Waals surface area contributed by atoms with Gasteiger partial charge in [0.05, 0.1) is 27.8 Å². The number of fused-ring (bicyclic) bond motifs is 1. The van der Waals surface area contributed by atoms with Crippen LogP contribution in [0.3, 0.4) is 0 Å². The largest absolute Gasteiger partial charge is 0.368 e. The lowest BCUT2D eigenvalue weighted by Gasteiger charge is -2.19. The molecule has 0 spiro atoms. The van der Waals surface area contributed by atoms with Gasteiger partial charge in [-0.15, -0.1) is 0 Å². The van der Waals surface area contributed by atoms with E-state index in [-0.39, 0.29) is 22.7 Å². The number of sulfone groups is 1. The molecule has 0 saturated carbocycles. The first kappa shape index (κ1) is 18.6. The number of anilines is 1. The highest BCUT2D eigenvalue weighted by Crippen LogP contribution is 2.24. The van der Waals surface area contributed by atoms with Gasteiger partial charge in [0.1, 0.15) is 12.1 Å². The van der Waals surface area contributed by atoms with Crippen LogP contribution in [-0.2, 0) is 15.4 Å². The van der Waals surface area contributed by atoms with Gasteiger partial charge in [-0.25, -0.2) is 23.1 Å². The summed E-state index contributed by atoms with van der Waals surface area (Å²) < 4.78 is 26.6. The lowest BCUT2D eigenvalue weighted by atomic mass is 10.1. The van der Waals surface area contributed by atoms with Crippen molar-refractivity contribution < 1.29 is 8.42 Å². The SMILES string of the molecule is CC(C)(C)n1ncc2c(NCCS(=O)(=O)c3ccc(Cl)cc3)ncnc21. The van der Waals surface area contributed by atoms with Crippen molar-refractivity contribution in [3.05, 3.63) is 41.8 Å². The maximum absolute atomic E-state index is 12.4. The van der Waals surface area contributed by atoms with Gasteiger partial charge in [-0.3, -0.25) is 0 Å². The number of nitrogens with zero attached hydrogens (tertiary/aromatic N) is 4. The molecule has 0 fully saturated rings. The number of hydrogen-bond donors (Lipinski definition) is 1. The molecule has 0 aliphatic carbocycles. The van der Waals surface area contributed by atoms with Crippen LogP contribution < -0.4 is 5.32 Å². The molecule has 0 amide bonds. The first-order valence-corrected chi connectivity index (χ1v) is 10.1. The number of rotatable bonds is 5. The quantitative estimate of drug-likeness (QED) is 0.716. The van der Waals surface area contributed by atoms with Crippen molar-refractivity contribution in [1.29, 1.82) is 0 Å². The maximum atomic E-state index is 12.4. The van der Waals surface area contributed by atoms with E-state index in [1.807, 2.05) is 25.5 Å². The highest BCUT2D eigenvalue weighted by Gasteiger charge is 2.20. The summed E-state index contributed by atoms with van der Waals surface area (Å²) in [4.78, 5) is 8.77. The smallest absolute Gasteiger partial charge is 0.180 e. The van der Waals surface area contributed by atoms with Crippen LogP contribution in [0.1, 0.15) is 20.8 Å². The van der Waals surface area contributed by atoms with E-state index in [9.17, 15) is 8.42 Å². The summed E-state index contributed by atoms with van der Waals surface area (Å²) in [5.74, 6) is 0.505. The Kier molecular flexibility index (Phi) is 4.90. The molecule has 0 atom stereocenters. The Hall–Kier alpha value is -2.19. The van der Waals surface area contributed by atoms with Crippen LogP contribution in [0.25, 0.3) is 11.0 Å². The molecule has 138 valence electrons. The Bertz CT molecular complexity index is 1020. The molecule has 26 heavy (non-hydrogen) atoms. The Morgan fingerprint density at radius 2 is 1.85 bits per heavy atom. The average molecular weight is 394 g/mol. The Morgan fingerprint density at radius 3 is 2.50 bits per heavy atom. The number of benzene rings is 1. The van der Waals surface area contributed by atoms with Crippen LogP contribution >= 0.6 is 11.6 Å². The van der Waals surface area contributed by atoms with E-state index in [4.69, 9.17) is 11.6 Å². The molecule has 1 N–H and O–H groups in total. The minimum Gasteiger partial charge on any atom is -0.368 e. The van der Waals surface area contributed by atoms with Gasteiger partial charge in [0.25, 0.3) is 0 Å². The molecule has 0 bridgehead atoms. The monoisotopic (exact) mass is 393 g/mol. The van der Waals surface area contributed by atoms with Gasteiger partial charge in [-0.05, 0) is 45.0 Å². The molecule has 3 aromatic rings. The highest BCUT2D eigenvalue weighted by atomic mass is 35.5. The fourth-order valence-corrected chi connectivity index (χ4v) is 3.82. The van der Waals surface area contributed by atoms with Crippen LogP contribution in [0.5, 0.6) is 0 Å². The van der Waals surface area contributed by atoms with E-state index < -0.39 is 9.84 Å². The molecule has 3 rings (SSSR count). The molecule has 0 aliphatic heterocycles. The van der Waals surface area contributed by atoms with Crippen LogP contribution in [0, 0.1) is 0 Å². The normalized spacial score (nSPS) is 12.5. The predicted octanol–water partition coefficient (Wildman–Crippen LogP) is 3.12. The van der Waals surface area contributed by atoms with Crippen molar-refractivity contribution in [2.45, 2.75) is 31.2 Å². The Morgan fingerprint density at radius 1 is 1.15 bits per heavy atom. The minimum absolute atomic E-state index is 0.0620. The molecule has 0 aliphatic rings. The molecule has 0 unspecified atom stereocenters. The van der Waals surface area contributed by atoms with E-state index in [1.54, 1.807) is 18.3 Å². The van der Waals surface area contributed by atoms with Crippen LogP contribution in [0.4, 0.5) is 5.82 Å². The molecule has 0 radical (unpaired) electrons. The third-order valence-electron chi connectivity index (χ3n) is 3.84. The first-order chi connectivity index (χ1) is 12.2. The van der Waals surface area contributed by atoms with E-state index in [1.165, 1.54) is 18.5 Å². The van der Waals surface area contributed by atoms with Gasteiger partial charge in [-0.1, -0.05) is 11.6 Å². The first-order valence-electron chi connectivity index (χ1n) is 8.10. The van der Waals surface area contributed by atoms with Crippen molar-refractivity contribution in [1.82, 2.24) is 19.7 Å². The molecule has 0 saturated heterocycles. The van der Waals surface area contributed by atoms with Gasteiger partial charge < -0.3 is 5.32 Å². The molecule has 2 heterocycles. The van der Waals surface area contributed by atoms with Gasteiger partial charge >= 0.3 is 0 Å². The summed E-state index contributed by atoms with van der Waals surface area (Å²) in [6.45, 7) is 6.33. The standard InChI is InChI=1S/C17H20ClN5O2S/c1-17(2,3)23-16-14(10-22-23)15(20-11-21-16)19-8-9-26(24,25)13-6-4-12(18)5-7-13/h4-7,10-11H,8-9H2,1-3H3,(H,19,20,21). The second-order valence-electron chi connectivity index (χ2n) is 6.89. The van der Waals surface area contributed by atoms with Crippen LogP contribution in [-0.4, -0.2) is 40.5 Å². The van der Waals surface area contributed by atoms with Crippen molar-refractivity contribution in [3.63, 3.8) is 0 Å². The van der Waals surface area contributed by atoms with Gasteiger partial charge in [-0.2, -0.15) is 5.10 Å². The van der Waals surface area contributed by atoms with E-state index in [0.717, 1.165) is 5.39 Å². The molecule has 9 heteroatoms. The molecular formula is C17H20ClN5O2S. The van der Waals surface area contributed by atoms with Crippen LogP contribution in [0.15, 0.2) is 41.7 Å². The third kappa shape index (κ3) is 3.81. The topological polar surface area (TPSA) is 89.8 Å². The minimum atomic E-state index is -3.40. The number of hydrogen-bond acceptors (Lipinski definition) is 6. The predicted molar refractivity (Wildman–Crippen MR) is 102 cm³/mol. The summed E-state index contributed by atoms with van der Waals surface area (Å²) >= 11 is 5.81. The molecule has 7 nitrogen and oxygen atoms in total. The second-order valence-corrected chi connectivity index (χ2v) is 9.43. The molecule has 1 aromatic carbocycles. The van der Waals surface area contributed by atoms with Crippen molar-refractivity contribution in [2.75, 3.05) is 17.6 Å². The van der Waals surface area contributed by atoms with Gasteiger partial charge in [0.15, 0.2) is 15.5 Å². The van der Waals surface area contributed by atoms with Crippen LogP contribution in [0.2, 0.25) is 5.02 Å². The second kappa shape index (κ2) is 6.85. The summed E-state index contributed by atoms with van der Waals surface area (Å²) in [6.07, 6.45) is 3.14. The average Bonchev–Trinajstić information content (AvgIpc) is 3.00. The van der Waals surface area contributed by atoms with E-state index in [2.05, 4.69) is 20.4 Å². The number of nitrogens with one attached hydrogen (secondary N) is 1. The summed E-state index contributed by atoms with van der Waals surface area (Å²) in [5.41, 5.74) is 0.487. The zero-order valence-electron chi connectivity index (χ0n) is 14.8. The number of aromatic nitrogens is 4. The maximum Gasteiger partial charge on any atom is 0.180 e. The highest BCUT2D eigenvalue weighted by molar-refractivity contribution is 7.91. The molecular weight excluding hydrogens is 374 g/mol. The number of halogens is 1. The Balaban J connectivity index is 1.76. The van der Waals surface area contributed by atoms with Gasteiger partial charge in [0, 0.05) is 11.6 Å². The van der Waals surface area contributed by atoms with Crippen molar-refractivity contribution in [3.8, 4) is 0 Å². The molecule has 2 aromatic heterocycles. The van der Waals surface area contributed by atoms with Crippen molar-refractivity contribution >= 4 is 38.3 Å². The third-order valence-corrected chi connectivity index (χ3v) is 5.82. The summed E-state index contributed by atoms with van der Waals surface area (Å²) in [7, 11) is -3.40. The van der Waals surface area contributed by atoms with E-state index >= 15 is 0 Å². The lowest BCUT2D eigenvalue weighted by molar-refractivity contribution is 0.366. The zero-order chi connectivity index (χ0) is 18.9. The zero-order valence-corrected chi connectivity index (χ0v) is 16.3. The fraction of sp³-hybridized carbons (Fsp3) is 0.353.